The number of amides is 9. The smallest absolute Gasteiger partial charge is 0.352 e. The quantitative estimate of drug-likeness (QED) is 0.0121. The number of aliphatic imine (C=N–C) groups is 1. The van der Waals surface area contributed by atoms with Crippen molar-refractivity contribution in [3.05, 3.63) is 11.8 Å². The van der Waals surface area contributed by atoms with Gasteiger partial charge in [-0.25, -0.2) is 4.79 Å². The lowest BCUT2D eigenvalue weighted by Gasteiger charge is -2.30. The van der Waals surface area contributed by atoms with E-state index in [2.05, 4.69) is 42.2 Å². The summed E-state index contributed by atoms with van der Waals surface area (Å²) in [5.74, 6) is -9.22. The van der Waals surface area contributed by atoms with E-state index in [1.165, 1.54) is 17.9 Å². The summed E-state index contributed by atoms with van der Waals surface area (Å²) in [6, 6.07) is -9.11. The number of likely N-dealkylation sites (tertiary alicyclic amines) is 1. The van der Waals surface area contributed by atoms with Gasteiger partial charge in [-0.2, -0.15) is 0 Å². The van der Waals surface area contributed by atoms with E-state index in [0.717, 1.165) is 0 Å². The van der Waals surface area contributed by atoms with Crippen LogP contribution in [0.4, 0.5) is 0 Å². The van der Waals surface area contributed by atoms with Crippen molar-refractivity contribution in [2.45, 2.75) is 139 Å². The lowest BCUT2D eigenvalue weighted by molar-refractivity contribution is -0.142. The summed E-state index contributed by atoms with van der Waals surface area (Å²) < 4.78 is 0. The van der Waals surface area contributed by atoms with E-state index < -0.39 is 126 Å². The lowest BCUT2D eigenvalue weighted by atomic mass is 10.0. The molecule has 1 heterocycles. The van der Waals surface area contributed by atoms with Crippen LogP contribution in [-0.4, -0.2) is 174 Å². The molecule has 71 heavy (non-hydrogen) atoms. The van der Waals surface area contributed by atoms with Crippen molar-refractivity contribution >= 4 is 65.1 Å². The van der Waals surface area contributed by atoms with Gasteiger partial charge < -0.3 is 98.2 Å². The number of carboxylic acid groups (broad SMARTS) is 1. The average Bonchev–Trinajstić information content (AvgIpc) is 3.82. The number of carboxylic acids is 1. The van der Waals surface area contributed by atoms with Crippen molar-refractivity contribution in [3.63, 3.8) is 0 Å². The molecule has 1 fully saturated rings. The second-order valence-electron chi connectivity index (χ2n) is 16.8. The number of hydrogen-bond donors (Lipinski definition) is 17. The number of guanidine groups is 1. The minimum absolute atomic E-state index is 0.000518. The van der Waals surface area contributed by atoms with E-state index in [1.807, 2.05) is 0 Å². The molecule has 8 atom stereocenters. The molecule has 0 saturated carbocycles. The molecule has 25 N–H and O–H groups in total. The van der Waals surface area contributed by atoms with Crippen LogP contribution in [0.15, 0.2) is 16.8 Å². The SMILES string of the molecule is CC(NC(=O)[C@@H](NC(=O)C(N)CCCCN)[C@@H](O)CN)C(=O)NCC(=O)N[C@H](CCCN)C(=O)N1CCC[C@H]1C(=O)N[C@@H](CCC(N)=O)C(=O)N[C@@H](CCCCN)C(=O)N/C(=C\CCN=C(N)N)C(=O)O. The minimum atomic E-state index is -1.57. The maximum Gasteiger partial charge on any atom is 0.352 e. The summed E-state index contributed by atoms with van der Waals surface area (Å²) in [6.45, 7) is 1.02. The summed E-state index contributed by atoms with van der Waals surface area (Å²) >= 11 is 0. The van der Waals surface area contributed by atoms with E-state index in [4.69, 9.17) is 45.9 Å². The van der Waals surface area contributed by atoms with Crippen LogP contribution in [-0.2, 0) is 47.9 Å². The Morgan fingerprint density at radius 1 is 0.718 bits per heavy atom. The second-order valence-corrected chi connectivity index (χ2v) is 16.8. The number of aliphatic hydroxyl groups is 1. The Labute approximate surface area is 411 Å². The van der Waals surface area contributed by atoms with Gasteiger partial charge in [0.05, 0.1) is 18.7 Å². The maximum atomic E-state index is 14.1. The van der Waals surface area contributed by atoms with Crippen molar-refractivity contribution < 1.29 is 58.2 Å². The third-order valence-electron chi connectivity index (χ3n) is 11.0. The summed E-state index contributed by atoms with van der Waals surface area (Å²) in [4.78, 5) is 136. The highest BCUT2D eigenvalue weighted by atomic mass is 16.4. The number of carbonyl (C=O) groups is 10. The highest BCUT2D eigenvalue weighted by Crippen LogP contribution is 2.20. The zero-order chi connectivity index (χ0) is 53.6. The molecule has 0 aromatic rings. The normalized spacial score (nSPS) is 16.4. The average molecular weight is 1010 g/mol. The second kappa shape index (κ2) is 33.9. The number of carbonyl (C=O) groups excluding carboxylic acids is 9. The summed E-state index contributed by atoms with van der Waals surface area (Å²) in [6.07, 6.45) is 1.88. The van der Waals surface area contributed by atoms with Crippen LogP contribution in [0.2, 0.25) is 0 Å². The highest BCUT2D eigenvalue weighted by molar-refractivity contribution is 5.99. The standard InChI is InChI=1S/C42H77N17O12/c1-23(53-39(68)33(30(60)21-46)58-35(64)24(47)9-2-4-16-43)34(63)52-22-32(62)54-27(11-6-18-45)40(69)59-20-8-13-29(59)38(67)56-26(14-15-31(48)61)37(66)55-25(10-3-5-17-44)36(65)57-28(41(70)71)12-7-19-51-42(49)50/h12,23-27,29-30,33,60H,2-11,13-22,43-47H2,1H3,(H2,48,61)(H,52,63)(H,53,68)(H,54,62)(H,55,66)(H,56,67)(H,57,65)(H,58,64)(H,70,71)(H4,49,50,51)/b28-12-/t23?,24?,25-,26-,27+,29-,30-,33-/m0/s1. The van der Waals surface area contributed by atoms with E-state index in [9.17, 15) is 58.2 Å². The van der Waals surface area contributed by atoms with Gasteiger partial charge in [-0.1, -0.05) is 12.5 Å². The van der Waals surface area contributed by atoms with Crippen molar-refractivity contribution in [1.82, 2.24) is 42.1 Å². The van der Waals surface area contributed by atoms with Gasteiger partial charge in [0, 0.05) is 26.1 Å². The molecule has 1 rings (SSSR count). The van der Waals surface area contributed by atoms with E-state index in [-0.39, 0.29) is 83.5 Å². The molecule has 1 aliphatic heterocycles. The van der Waals surface area contributed by atoms with Crippen molar-refractivity contribution in [2.75, 3.05) is 45.8 Å². The first-order valence-corrected chi connectivity index (χ1v) is 23.5. The van der Waals surface area contributed by atoms with Crippen LogP contribution < -0.4 is 83.1 Å². The first-order chi connectivity index (χ1) is 33.6. The molecule has 0 spiro atoms. The molecule has 2 unspecified atom stereocenters. The van der Waals surface area contributed by atoms with Gasteiger partial charge in [0.1, 0.15) is 41.9 Å². The number of primary amides is 1. The molecule has 1 saturated heterocycles. The first kappa shape index (κ1) is 62.5. The predicted molar refractivity (Wildman–Crippen MR) is 258 cm³/mol. The number of aliphatic carboxylic acids is 1. The van der Waals surface area contributed by atoms with Gasteiger partial charge in [0.2, 0.25) is 53.2 Å². The number of rotatable bonds is 35. The number of aliphatic hydroxyl groups excluding tert-OH is 1. The van der Waals surface area contributed by atoms with Gasteiger partial charge in [0.25, 0.3) is 0 Å². The Kier molecular flexibility index (Phi) is 29.8. The van der Waals surface area contributed by atoms with Crippen LogP contribution in [0.25, 0.3) is 0 Å². The fraction of sp³-hybridized carbons (Fsp3) is 0.690. The number of hydrogen-bond acceptors (Lipinski definition) is 17. The zero-order valence-electron chi connectivity index (χ0n) is 40.3. The zero-order valence-corrected chi connectivity index (χ0v) is 40.3. The molecular formula is C42H77N17O12. The summed E-state index contributed by atoms with van der Waals surface area (Å²) in [5.41, 5.74) is 43.7. The number of nitrogens with zero attached hydrogens (tertiary/aromatic N) is 2. The van der Waals surface area contributed by atoms with Gasteiger partial charge in [0.15, 0.2) is 5.96 Å². The highest BCUT2D eigenvalue weighted by Gasteiger charge is 2.39. The Balaban J connectivity index is 3.15. The van der Waals surface area contributed by atoms with Crippen molar-refractivity contribution in [2.24, 2.45) is 50.9 Å². The molecule has 0 radical (unpaired) electrons. The molecule has 29 heteroatoms. The number of nitrogens with two attached hydrogens (primary N) is 8. The lowest BCUT2D eigenvalue weighted by Crippen LogP contribution is -2.60. The van der Waals surface area contributed by atoms with Crippen molar-refractivity contribution in [3.8, 4) is 0 Å². The molecule has 1 aliphatic rings. The molecule has 0 aromatic carbocycles. The van der Waals surface area contributed by atoms with Gasteiger partial charge >= 0.3 is 5.97 Å². The van der Waals surface area contributed by atoms with Crippen LogP contribution in [0.5, 0.6) is 0 Å². The van der Waals surface area contributed by atoms with E-state index in [0.29, 0.717) is 38.6 Å². The molecule has 29 nitrogen and oxygen atoms in total. The fourth-order valence-electron chi connectivity index (χ4n) is 7.06. The van der Waals surface area contributed by atoms with E-state index in [1.54, 1.807) is 0 Å². The maximum absolute atomic E-state index is 14.1. The molecule has 9 amide bonds. The molecule has 402 valence electrons. The number of unbranched alkanes of at least 4 members (excludes halogenated alkanes) is 2. The Morgan fingerprint density at radius 2 is 1.34 bits per heavy atom. The molecule has 0 bridgehead atoms. The Bertz CT molecular complexity index is 1870. The van der Waals surface area contributed by atoms with Crippen LogP contribution in [0, 0.1) is 0 Å². The summed E-state index contributed by atoms with van der Waals surface area (Å²) in [7, 11) is 0. The van der Waals surface area contributed by atoms with Crippen LogP contribution >= 0.6 is 0 Å². The molecule has 0 aliphatic carbocycles. The number of nitrogens with one attached hydrogen (secondary N) is 7. The Hall–Kier alpha value is -6.53. The van der Waals surface area contributed by atoms with Gasteiger partial charge in [-0.3, -0.25) is 48.1 Å². The van der Waals surface area contributed by atoms with Crippen molar-refractivity contribution in [1.29, 1.82) is 0 Å². The third kappa shape index (κ3) is 23.8. The molecule has 0 aromatic heterocycles. The Morgan fingerprint density at radius 3 is 1.93 bits per heavy atom. The summed E-state index contributed by atoms with van der Waals surface area (Å²) in [5, 5.41) is 37.0. The predicted octanol–water partition coefficient (Wildman–Crippen LogP) is -7.80. The van der Waals surface area contributed by atoms with Gasteiger partial charge in [-0.05, 0) is 97.2 Å². The third-order valence-corrected chi connectivity index (χ3v) is 11.0. The monoisotopic (exact) mass is 1010 g/mol. The van der Waals surface area contributed by atoms with E-state index >= 15 is 0 Å². The topological polar surface area (TPSA) is 519 Å². The molecular weight excluding hydrogens is 935 g/mol. The van der Waals surface area contributed by atoms with Gasteiger partial charge in [-0.15, -0.1) is 0 Å². The first-order valence-electron chi connectivity index (χ1n) is 23.5. The largest absolute Gasteiger partial charge is 0.477 e. The van der Waals surface area contributed by atoms with Crippen LogP contribution in [0.3, 0.4) is 0 Å². The minimum Gasteiger partial charge on any atom is -0.477 e. The van der Waals surface area contributed by atoms with Crippen LogP contribution in [0.1, 0.15) is 90.4 Å². The fourth-order valence-corrected chi connectivity index (χ4v) is 7.06.